The van der Waals surface area contributed by atoms with Crippen LogP contribution in [-0.2, 0) is 0 Å². The fraction of sp³-hybridized carbons (Fsp3) is 0.0833. The van der Waals surface area contributed by atoms with Crippen LogP contribution in [0.3, 0.4) is 0 Å². The minimum atomic E-state index is -0.651. The lowest BCUT2D eigenvalue weighted by atomic mass is 10.2. The highest BCUT2D eigenvalue weighted by atomic mass is 19.1. The summed E-state index contributed by atoms with van der Waals surface area (Å²) in [6.45, 7) is 1.68. The van der Waals surface area contributed by atoms with Crippen molar-refractivity contribution >= 4 is 11.4 Å². The van der Waals surface area contributed by atoms with Gasteiger partial charge in [-0.25, -0.2) is 9.37 Å². The van der Waals surface area contributed by atoms with Crippen LogP contribution in [0.5, 0.6) is 11.6 Å². The number of pyridine rings is 1. The summed E-state index contributed by atoms with van der Waals surface area (Å²) in [5.74, 6) is -0.693. The number of ether oxygens (including phenoxy) is 1. The summed E-state index contributed by atoms with van der Waals surface area (Å²) in [5, 5.41) is 10.8. The Balaban J connectivity index is 2.42. The van der Waals surface area contributed by atoms with Crippen molar-refractivity contribution in [2.45, 2.75) is 6.92 Å². The van der Waals surface area contributed by atoms with Gasteiger partial charge in [0, 0.05) is 17.7 Å². The van der Waals surface area contributed by atoms with Crippen LogP contribution in [-0.4, -0.2) is 9.91 Å². The molecule has 7 heteroatoms. The van der Waals surface area contributed by atoms with E-state index in [1.54, 1.807) is 13.0 Å². The zero-order valence-corrected chi connectivity index (χ0v) is 9.96. The van der Waals surface area contributed by atoms with E-state index in [1.807, 2.05) is 0 Å². The Hall–Kier alpha value is -2.70. The molecule has 0 atom stereocenters. The molecule has 0 amide bonds. The van der Waals surface area contributed by atoms with Gasteiger partial charge in [0.25, 0.3) is 0 Å². The van der Waals surface area contributed by atoms with Gasteiger partial charge in [0.2, 0.25) is 11.6 Å². The average Bonchev–Trinajstić information content (AvgIpc) is 2.32. The topological polar surface area (TPSA) is 91.3 Å². The third kappa shape index (κ3) is 2.76. The molecule has 0 bridgehead atoms. The van der Waals surface area contributed by atoms with Gasteiger partial charge in [-0.3, -0.25) is 10.1 Å². The molecule has 0 unspecified atom stereocenters. The van der Waals surface area contributed by atoms with E-state index < -0.39 is 10.7 Å². The summed E-state index contributed by atoms with van der Waals surface area (Å²) in [4.78, 5) is 14.1. The lowest BCUT2D eigenvalue weighted by Crippen LogP contribution is -1.98. The normalized spacial score (nSPS) is 10.2. The molecule has 0 fully saturated rings. The van der Waals surface area contributed by atoms with Crippen molar-refractivity contribution in [3.8, 4) is 11.6 Å². The van der Waals surface area contributed by atoms with Crippen LogP contribution in [0, 0.1) is 22.9 Å². The van der Waals surface area contributed by atoms with Crippen molar-refractivity contribution < 1.29 is 14.1 Å². The maximum absolute atomic E-state index is 13.1. The summed E-state index contributed by atoms with van der Waals surface area (Å²) >= 11 is 0. The van der Waals surface area contributed by atoms with Crippen LogP contribution >= 0.6 is 0 Å². The first-order valence-corrected chi connectivity index (χ1v) is 5.31. The summed E-state index contributed by atoms with van der Waals surface area (Å²) < 4.78 is 18.4. The van der Waals surface area contributed by atoms with Gasteiger partial charge in [0.05, 0.1) is 16.8 Å². The van der Waals surface area contributed by atoms with E-state index in [9.17, 15) is 14.5 Å². The molecule has 0 aliphatic heterocycles. The maximum Gasteiger partial charge on any atom is 0.311 e. The molecule has 2 rings (SSSR count). The third-order valence-electron chi connectivity index (χ3n) is 2.38. The van der Waals surface area contributed by atoms with Crippen molar-refractivity contribution in [3.05, 3.63) is 52.0 Å². The number of nitro groups is 1. The van der Waals surface area contributed by atoms with Gasteiger partial charge in [0.15, 0.2) is 0 Å². The fourth-order valence-electron chi connectivity index (χ4n) is 1.52. The van der Waals surface area contributed by atoms with Gasteiger partial charge >= 0.3 is 5.69 Å². The molecule has 19 heavy (non-hydrogen) atoms. The number of nitro benzene ring substituents is 1. The van der Waals surface area contributed by atoms with Gasteiger partial charge in [-0.15, -0.1) is 0 Å². The molecular formula is C12H10FN3O3. The lowest BCUT2D eigenvalue weighted by molar-refractivity contribution is -0.385. The number of anilines is 1. The van der Waals surface area contributed by atoms with Gasteiger partial charge < -0.3 is 10.5 Å². The second kappa shape index (κ2) is 4.89. The first-order chi connectivity index (χ1) is 8.97. The Morgan fingerprint density at radius 3 is 2.79 bits per heavy atom. The van der Waals surface area contributed by atoms with E-state index in [0.717, 1.165) is 18.2 Å². The monoisotopic (exact) mass is 263 g/mol. The number of aryl methyl sites for hydroxylation is 1. The number of nitrogens with two attached hydrogens (primary N) is 1. The molecule has 98 valence electrons. The van der Waals surface area contributed by atoms with E-state index in [0.29, 0.717) is 11.3 Å². The minimum Gasteiger partial charge on any atom is -0.431 e. The molecule has 6 nitrogen and oxygen atoms in total. The minimum absolute atomic E-state index is 0.142. The molecule has 0 saturated heterocycles. The number of hydrogen-bond acceptors (Lipinski definition) is 5. The Morgan fingerprint density at radius 1 is 1.42 bits per heavy atom. The highest BCUT2D eigenvalue weighted by Crippen LogP contribution is 2.32. The van der Waals surface area contributed by atoms with Gasteiger partial charge in [-0.2, -0.15) is 0 Å². The van der Waals surface area contributed by atoms with Gasteiger partial charge in [-0.1, -0.05) is 0 Å². The highest BCUT2D eigenvalue weighted by Gasteiger charge is 2.17. The lowest BCUT2D eigenvalue weighted by Gasteiger charge is -2.08. The predicted molar refractivity (Wildman–Crippen MR) is 66.5 cm³/mol. The van der Waals surface area contributed by atoms with Crippen molar-refractivity contribution in [2.24, 2.45) is 0 Å². The zero-order valence-electron chi connectivity index (χ0n) is 9.96. The zero-order chi connectivity index (χ0) is 14.0. The van der Waals surface area contributed by atoms with Gasteiger partial charge in [-0.05, 0) is 19.1 Å². The van der Waals surface area contributed by atoms with E-state index in [-0.39, 0.29) is 17.3 Å². The number of hydrogen-bond donors (Lipinski definition) is 1. The number of nitrogen functional groups attached to an aromatic ring is 1. The number of benzene rings is 1. The van der Waals surface area contributed by atoms with E-state index in [4.69, 9.17) is 10.5 Å². The molecule has 0 aliphatic rings. The smallest absolute Gasteiger partial charge is 0.311 e. The fourth-order valence-corrected chi connectivity index (χ4v) is 1.52. The molecule has 0 radical (unpaired) electrons. The highest BCUT2D eigenvalue weighted by molar-refractivity contribution is 5.49. The first-order valence-electron chi connectivity index (χ1n) is 5.31. The average molecular weight is 263 g/mol. The molecule has 2 N–H and O–H groups in total. The van der Waals surface area contributed by atoms with Crippen LogP contribution in [0.25, 0.3) is 0 Å². The summed E-state index contributed by atoms with van der Waals surface area (Å²) in [5.41, 5.74) is 6.24. The van der Waals surface area contributed by atoms with Crippen molar-refractivity contribution in [1.82, 2.24) is 4.98 Å². The van der Waals surface area contributed by atoms with Crippen LogP contribution in [0.1, 0.15) is 5.56 Å². The van der Waals surface area contributed by atoms with Gasteiger partial charge in [0.1, 0.15) is 5.82 Å². The molecule has 2 aromatic rings. The molecule has 1 aromatic carbocycles. The Labute approximate surface area is 107 Å². The summed E-state index contributed by atoms with van der Waals surface area (Å²) in [6, 6.07) is 4.58. The standard InChI is InChI=1S/C12H10FN3O3/c1-7-4-9(14)6-15-12(7)19-11-5-8(13)2-3-10(11)16(17)18/h2-6H,14H2,1H3. The van der Waals surface area contributed by atoms with Crippen LogP contribution in [0.4, 0.5) is 15.8 Å². The molecule has 0 aliphatic carbocycles. The largest absolute Gasteiger partial charge is 0.431 e. The Bertz CT molecular complexity index is 646. The SMILES string of the molecule is Cc1cc(N)cnc1Oc1cc(F)ccc1[N+](=O)[O-]. The van der Waals surface area contributed by atoms with Crippen LogP contribution < -0.4 is 10.5 Å². The van der Waals surface area contributed by atoms with Crippen molar-refractivity contribution in [1.29, 1.82) is 0 Å². The van der Waals surface area contributed by atoms with E-state index in [1.165, 1.54) is 6.20 Å². The first kappa shape index (κ1) is 12.7. The molecule has 1 heterocycles. The number of rotatable bonds is 3. The molecule has 0 spiro atoms. The second-order valence-electron chi connectivity index (χ2n) is 3.86. The number of nitrogens with zero attached hydrogens (tertiary/aromatic N) is 2. The predicted octanol–water partition coefficient (Wildman–Crippen LogP) is 2.81. The number of aromatic nitrogens is 1. The maximum atomic E-state index is 13.1. The van der Waals surface area contributed by atoms with Crippen molar-refractivity contribution in [3.63, 3.8) is 0 Å². The molecular weight excluding hydrogens is 253 g/mol. The summed E-state index contributed by atoms with van der Waals surface area (Å²) in [7, 11) is 0. The van der Waals surface area contributed by atoms with Crippen molar-refractivity contribution in [2.75, 3.05) is 5.73 Å². The number of halogens is 1. The van der Waals surface area contributed by atoms with E-state index in [2.05, 4.69) is 4.98 Å². The van der Waals surface area contributed by atoms with Crippen LogP contribution in [0.2, 0.25) is 0 Å². The van der Waals surface area contributed by atoms with E-state index >= 15 is 0 Å². The molecule has 0 saturated carbocycles. The summed E-state index contributed by atoms with van der Waals surface area (Å²) in [6.07, 6.45) is 1.35. The molecule has 1 aromatic heterocycles. The second-order valence-corrected chi connectivity index (χ2v) is 3.86. The van der Waals surface area contributed by atoms with Crippen LogP contribution in [0.15, 0.2) is 30.5 Å². The Morgan fingerprint density at radius 2 is 2.16 bits per heavy atom. The third-order valence-corrected chi connectivity index (χ3v) is 2.38. The Kier molecular flexibility index (Phi) is 3.28. The quantitative estimate of drug-likeness (QED) is 0.679.